The maximum Gasteiger partial charge on any atom is 0.323 e. The highest BCUT2D eigenvalue weighted by molar-refractivity contribution is 14.1. The Hall–Kier alpha value is -3.22. The Morgan fingerprint density at radius 3 is 2.50 bits per heavy atom. The molecule has 0 saturated carbocycles. The molecule has 0 radical (unpaired) electrons. The van der Waals surface area contributed by atoms with Crippen LogP contribution in [0, 0.1) is 17.1 Å². The van der Waals surface area contributed by atoms with Gasteiger partial charge in [-0.05, 0) is 52.4 Å². The first kappa shape index (κ1) is 25.9. The number of ether oxygens (including phenoxy) is 1. The lowest BCUT2D eigenvalue weighted by atomic mass is 9.84. The number of pyridine rings is 1. The fraction of sp³-hybridized carbons (Fsp3) is 0.174. The third-order valence-corrected chi connectivity index (χ3v) is 6.57. The molecular formula is C23H16F3IN6O2S. The summed E-state index contributed by atoms with van der Waals surface area (Å²) in [5.41, 5.74) is -3.62. The molecule has 0 aliphatic carbocycles. The van der Waals surface area contributed by atoms with Gasteiger partial charge in [0.25, 0.3) is 0 Å². The predicted molar refractivity (Wildman–Crippen MR) is 132 cm³/mol. The van der Waals surface area contributed by atoms with Crippen LogP contribution in [0.3, 0.4) is 0 Å². The minimum atomic E-state index is -4.07. The molecule has 1 unspecified atom stereocenters. The highest BCUT2D eigenvalue weighted by atomic mass is 127. The largest absolute Gasteiger partial charge is 0.456 e. The number of rotatable bonds is 8. The van der Waals surface area contributed by atoms with Gasteiger partial charge in [0.1, 0.15) is 35.4 Å². The van der Waals surface area contributed by atoms with Crippen LogP contribution in [0.1, 0.15) is 22.4 Å². The number of aromatic nitrogens is 5. The predicted octanol–water partition coefficient (Wildman–Crippen LogP) is 4.77. The Labute approximate surface area is 222 Å². The molecule has 2 heterocycles. The van der Waals surface area contributed by atoms with Crippen molar-refractivity contribution in [2.75, 3.05) is 0 Å². The van der Waals surface area contributed by atoms with Crippen molar-refractivity contribution >= 4 is 35.2 Å². The van der Waals surface area contributed by atoms with Crippen LogP contribution in [0.4, 0.5) is 13.2 Å². The van der Waals surface area contributed by atoms with Crippen LogP contribution >= 0.6 is 35.2 Å². The van der Waals surface area contributed by atoms with E-state index in [-0.39, 0.29) is 5.75 Å². The van der Waals surface area contributed by atoms with Gasteiger partial charge in [0, 0.05) is 14.9 Å². The second-order valence-electron chi connectivity index (χ2n) is 7.66. The van der Waals surface area contributed by atoms with E-state index in [0.717, 1.165) is 35.4 Å². The molecule has 36 heavy (non-hydrogen) atoms. The second-order valence-corrected chi connectivity index (χ2v) is 8.91. The van der Waals surface area contributed by atoms with E-state index < -0.39 is 35.1 Å². The Morgan fingerprint density at radius 2 is 1.92 bits per heavy atom. The molecule has 13 heteroatoms. The number of benzene rings is 2. The highest BCUT2D eigenvalue weighted by Crippen LogP contribution is 2.47. The fourth-order valence-corrected chi connectivity index (χ4v) is 4.19. The van der Waals surface area contributed by atoms with Gasteiger partial charge in [-0.1, -0.05) is 34.7 Å². The van der Waals surface area contributed by atoms with Crippen LogP contribution in [0.2, 0.25) is 0 Å². The lowest BCUT2D eigenvalue weighted by Crippen LogP contribution is -2.48. The summed E-state index contributed by atoms with van der Waals surface area (Å²) < 4.78 is 53.7. The summed E-state index contributed by atoms with van der Waals surface area (Å²) in [6, 6.07) is 12.4. The van der Waals surface area contributed by atoms with Crippen LogP contribution in [0.25, 0.3) is 0 Å². The molecule has 0 fully saturated rings. The van der Waals surface area contributed by atoms with Gasteiger partial charge < -0.3 is 9.84 Å². The summed E-state index contributed by atoms with van der Waals surface area (Å²) in [5.74, 6) is -4.64. The maximum atomic E-state index is 15.9. The average Bonchev–Trinajstić information content (AvgIpc) is 3.37. The Balaban J connectivity index is 1.69. The van der Waals surface area contributed by atoms with Gasteiger partial charge in [-0.15, -0.1) is 17.7 Å². The second kappa shape index (κ2) is 10.4. The van der Waals surface area contributed by atoms with Crippen LogP contribution < -0.4 is 4.74 Å². The Bertz CT molecular complexity index is 1420. The van der Waals surface area contributed by atoms with E-state index in [1.165, 1.54) is 30.3 Å². The summed E-state index contributed by atoms with van der Waals surface area (Å²) in [7, 11) is 0. The number of hydrogen-bond donors (Lipinski definition) is 2. The van der Waals surface area contributed by atoms with Crippen molar-refractivity contribution in [2.24, 2.45) is 0 Å². The third kappa shape index (κ3) is 5.01. The van der Waals surface area contributed by atoms with Gasteiger partial charge >= 0.3 is 5.92 Å². The highest BCUT2D eigenvalue weighted by Gasteiger charge is 2.58. The van der Waals surface area contributed by atoms with Gasteiger partial charge in [-0.2, -0.15) is 14.0 Å². The number of aliphatic hydroxyl groups is 1. The van der Waals surface area contributed by atoms with Crippen molar-refractivity contribution in [2.45, 2.75) is 27.4 Å². The lowest BCUT2D eigenvalue weighted by molar-refractivity contribution is -0.207. The molecule has 0 saturated heterocycles. The van der Waals surface area contributed by atoms with Crippen LogP contribution in [-0.4, -0.2) is 30.3 Å². The van der Waals surface area contributed by atoms with E-state index in [1.807, 2.05) is 28.7 Å². The number of nitriles is 1. The lowest BCUT2D eigenvalue weighted by Gasteiger charge is -2.35. The average molecular weight is 624 g/mol. The summed E-state index contributed by atoms with van der Waals surface area (Å²) in [6.45, 7) is -0.844. The zero-order valence-corrected chi connectivity index (χ0v) is 21.2. The molecule has 1 N–H and O–H groups in total. The molecule has 0 aliphatic heterocycles. The van der Waals surface area contributed by atoms with Crippen molar-refractivity contribution in [3.63, 3.8) is 0 Å². The van der Waals surface area contributed by atoms with E-state index in [4.69, 9.17) is 10.00 Å². The standard InChI is InChI=1S/C23H16F3IN6O2S/c24-19-7-14(9-27)1-5-18(19)22(34,12-33-13-30-31-32-33)23(25,26)21-6-4-17(11-29-21)35-16-3-2-15(10-28)20(36)8-16/h1-8,11,13,34,36H,9,12H2. The topological polar surface area (TPSA) is 110 Å². The van der Waals surface area contributed by atoms with Crippen LogP contribution in [0.5, 0.6) is 11.5 Å². The quantitative estimate of drug-likeness (QED) is 0.165. The third-order valence-electron chi connectivity index (χ3n) is 5.32. The zero-order chi connectivity index (χ0) is 25.9. The van der Waals surface area contributed by atoms with Crippen LogP contribution in [0.15, 0.2) is 66.0 Å². The van der Waals surface area contributed by atoms with Crippen molar-refractivity contribution in [1.29, 1.82) is 5.26 Å². The fourth-order valence-electron chi connectivity index (χ4n) is 3.46. The monoisotopic (exact) mass is 624 g/mol. The first-order chi connectivity index (χ1) is 17.2. The van der Waals surface area contributed by atoms with Gasteiger partial charge in [0.2, 0.25) is 0 Å². The molecule has 8 nitrogen and oxygen atoms in total. The number of halogens is 4. The molecule has 0 amide bonds. The Kier molecular flexibility index (Phi) is 7.48. The number of nitrogens with zero attached hydrogens (tertiary/aromatic N) is 6. The summed E-state index contributed by atoms with van der Waals surface area (Å²) in [4.78, 5) is 4.18. The molecule has 0 bridgehead atoms. The minimum Gasteiger partial charge on any atom is -0.456 e. The van der Waals surface area contributed by atoms with Gasteiger partial charge in [-0.25, -0.2) is 9.07 Å². The SMILES string of the molecule is N#Cc1ccc(Oc2ccc(C(F)(F)C(O)(Cn3cnnn3)c3ccc(CI)cc3F)nc2)cc1S. The molecule has 2 aromatic heterocycles. The molecule has 2 aromatic carbocycles. The molecule has 1 atom stereocenters. The molecule has 4 rings (SSSR count). The maximum absolute atomic E-state index is 15.9. The van der Waals surface area contributed by atoms with Gasteiger partial charge in [-0.3, -0.25) is 4.98 Å². The number of alkyl halides is 3. The van der Waals surface area contributed by atoms with E-state index in [9.17, 15) is 9.50 Å². The first-order valence-electron chi connectivity index (χ1n) is 10.2. The van der Waals surface area contributed by atoms with Crippen molar-refractivity contribution in [3.8, 4) is 17.6 Å². The van der Waals surface area contributed by atoms with Crippen molar-refractivity contribution in [3.05, 3.63) is 89.3 Å². The molecule has 4 aromatic rings. The van der Waals surface area contributed by atoms with Gasteiger partial charge in [0.05, 0.1) is 18.3 Å². The van der Waals surface area contributed by atoms with Crippen molar-refractivity contribution < 1.29 is 23.0 Å². The number of thiol groups is 1. The summed E-state index contributed by atoms with van der Waals surface area (Å²) in [5, 5.41) is 30.7. The first-order valence-corrected chi connectivity index (χ1v) is 12.2. The van der Waals surface area contributed by atoms with E-state index in [0.29, 0.717) is 26.2 Å². The smallest absolute Gasteiger partial charge is 0.323 e. The molecule has 184 valence electrons. The van der Waals surface area contributed by atoms with Crippen LogP contribution in [-0.2, 0) is 22.5 Å². The zero-order valence-electron chi connectivity index (χ0n) is 18.2. The molecule has 0 aliphatic rings. The number of tetrazole rings is 1. The van der Waals surface area contributed by atoms with E-state index in [1.54, 1.807) is 0 Å². The number of hydrogen-bond acceptors (Lipinski definition) is 8. The van der Waals surface area contributed by atoms with Crippen molar-refractivity contribution in [1.82, 2.24) is 25.2 Å². The van der Waals surface area contributed by atoms with E-state index >= 15 is 8.78 Å². The van der Waals surface area contributed by atoms with E-state index in [2.05, 4.69) is 33.1 Å². The Morgan fingerprint density at radius 1 is 1.14 bits per heavy atom. The summed E-state index contributed by atoms with van der Waals surface area (Å²) >= 11 is 6.21. The molecular weight excluding hydrogens is 608 g/mol. The van der Waals surface area contributed by atoms with Gasteiger partial charge in [0.15, 0.2) is 5.60 Å². The summed E-state index contributed by atoms with van der Waals surface area (Å²) in [6.07, 6.45) is 2.09. The molecule has 0 spiro atoms. The minimum absolute atomic E-state index is 0.119. The normalized spacial score (nSPS) is 13.1.